The van der Waals surface area contributed by atoms with Crippen molar-refractivity contribution < 1.29 is 40.6 Å². The molecule has 3 rings (SSSR count). The highest BCUT2D eigenvalue weighted by Gasteiger charge is 2.80. The van der Waals surface area contributed by atoms with Gasteiger partial charge < -0.3 is 14.4 Å². The van der Waals surface area contributed by atoms with Crippen LogP contribution < -0.4 is 4.90 Å². The average molecular weight is 426 g/mol. The smallest absolute Gasteiger partial charge is 0.414 e. The molecule has 0 radical (unpaired) electrons. The first-order valence-electron chi connectivity index (χ1n) is 7.72. The summed E-state index contributed by atoms with van der Waals surface area (Å²) in [5.41, 5.74) is 0.873. The van der Waals surface area contributed by atoms with E-state index in [1.807, 2.05) is 0 Å². The van der Waals surface area contributed by atoms with E-state index < -0.39 is 36.6 Å². The van der Waals surface area contributed by atoms with Crippen molar-refractivity contribution in [2.75, 3.05) is 11.9 Å². The zero-order chi connectivity index (χ0) is 20.7. The molecule has 1 aromatic carbocycles. The van der Waals surface area contributed by atoms with Gasteiger partial charge in [0.05, 0.1) is 5.69 Å². The highest BCUT2D eigenvalue weighted by atomic mass is 32.1. The molecule has 0 amide bonds. The number of benzene rings is 1. The molecule has 0 N–H and O–H groups in total. The van der Waals surface area contributed by atoms with Crippen molar-refractivity contribution in [3.63, 3.8) is 0 Å². The summed E-state index contributed by atoms with van der Waals surface area (Å²) in [4.78, 5) is 17.5. The van der Waals surface area contributed by atoms with Gasteiger partial charge in [0.1, 0.15) is 0 Å². The first kappa shape index (κ1) is 20.4. The third kappa shape index (κ3) is 3.53. The van der Waals surface area contributed by atoms with Crippen molar-refractivity contribution in [1.82, 2.24) is 4.98 Å². The average Bonchev–Trinajstić information content (AvgIpc) is 3.20. The summed E-state index contributed by atoms with van der Waals surface area (Å²) in [6.45, 7) is 0. The molecule has 2 aromatic rings. The first-order chi connectivity index (χ1) is 12.9. The molecule has 12 heteroatoms. The molecular weight excluding hydrogens is 414 g/mol. The summed E-state index contributed by atoms with van der Waals surface area (Å²) >= 11 is 1.11. The molecule has 0 saturated carbocycles. The molecule has 1 aliphatic heterocycles. The molecule has 0 aliphatic carbocycles. The fraction of sp³-hybridized carbons (Fsp3) is 0.375. The van der Waals surface area contributed by atoms with Crippen LogP contribution in [-0.2, 0) is 20.7 Å². The third-order valence-corrected chi connectivity index (χ3v) is 4.89. The number of nitrogens with zero attached hydrogens (tertiary/aromatic N) is 2. The number of ether oxygens (including phenoxy) is 2. The maximum atomic E-state index is 13.0. The van der Waals surface area contributed by atoms with E-state index >= 15 is 0 Å². The Hall–Kier alpha value is -2.34. The number of carbonyl (C=O) groups is 1. The summed E-state index contributed by atoms with van der Waals surface area (Å²) in [5, 5.41) is 1.86. The fourth-order valence-corrected chi connectivity index (χ4v) is 3.33. The second-order valence-corrected chi connectivity index (χ2v) is 6.70. The van der Waals surface area contributed by atoms with Crippen LogP contribution in [0.2, 0.25) is 0 Å². The lowest BCUT2D eigenvalue weighted by molar-refractivity contribution is -0.439. The Kier molecular flexibility index (Phi) is 5.04. The van der Waals surface area contributed by atoms with Crippen LogP contribution in [0.1, 0.15) is 5.69 Å². The Bertz CT molecular complexity index is 838. The second kappa shape index (κ2) is 6.92. The van der Waals surface area contributed by atoms with Crippen molar-refractivity contribution in [2.45, 2.75) is 30.7 Å². The summed E-state index contributed by atoms with van der Waals surface area (Å²) in [7, 11) is 1.69. The quantitative estimate of drug-likeness (QED) is 0.542. The van der Waals surface area contributed by atoms with Gasteiger partial charge in [-0.1, -0.05) is 18.2 Å². The summed E-state index contributed by atoms with van der Waals surface area (Å²) in [6, 6.07) is 8.97. The van der Waals surface area contributed by atoms with Crippen LogP contribution in [-0.4, -0.2) is 42.2 Å². The molecule has 1 unspecified atom stereocenters. The number of alkyl halides is 6. The number of anilines is 2. The summed E-state index contributed by atoms with van der Waals surface area (Å²) in [6.07, 6.45) is -14.6. The number of carbonyl (C=O) groups excluding carboxylic acids is 1. The van der Waals surface area contributed by atoms with Crippen molar-refractivity contribution in [2.24, 2.45) is 0 Å². The van der Waals surface area contributed by atoms with E-state index in [2.05, 4.69) is 14.5 Å². The van der Waals surface area contributed by atoms with Crippen LogP contribution in [0, 0.1) is 0 Å². The van der Waals surface area contributed by atoms with Crippen LogP contribution in [0.4, 0.5) is 37.2 Å². The Balaban J connectivity index is 1.78. The minimum atomic E-state index is -5.98. The molecule has 0 bridgehead atoms. The minimum Gasteiger partial charge on any atom is -0.414 e. The zero-order valence-corrected chi connectivity index (χ0v) is 14.9. The molecular formula is C16H12F6N2O3S. The lowest BCUT2D eigenvalue weighted by Gasteiger charge is -2.30. The molecule has 1 aliphatic rings. The van der Waals surface area contributed by atoms with Crippen molar-refractivity contribution in [3.05, 3.63) is 41.4 Å². The van der Waals surface area contributed by atoms with Crippen molar-refractivity contribution in [1.29, 1.82) is 0 Å². The Morgan fingerprint density at radius 2 is 1.75 bits per heavy atom. The van der Waals surface area contributed by atoms with Crippen LogP contribution >= 0.6 is 11.3 Å². The molecule has 152 valence electrons. The van der Waals surface area contributed by atoms with Gasteiger partial charge in [0.2, 0.25) is 0 Å². The van der Waals surface area contributed by atoms with Gasteiger partial charge >= 0.3 is 24.1 Å². The minimum absolute atomic E-state index is 0.102. The summed E-state index contributed by atoms with van der Waals surface area (Å²) < 4.78 is 85.4. The third-order valence-electron chi connectivity index (χ3n) is 3.93. The van der Waals surface area contributed by atoms with Gasteiger partial charge in [0, 0.05) is 24.5 Å². The van der Waals surface area contributed by atoms with Gasteiger partial charge in [-0.05, 0) is 12.1 Å². The van der Waals surface area contributed by atoms with Gasteiger partial charge in [-0.15, -0.1) is 11.3 Å². The van der Waals surface area contributed by atoms with E-state index in [1.54, 1.807) is 42.3 Å². The number of esters is 1. The van der Waals surface area contributed by atoms with E-state index in [0.29, 0.717) is 5.13 Å². The van der Waals surface area contributed by atoms with Gasteiger partial charge in [0.25, 0.3) is 0 Å². The monoisotopic (exact) mass is 426 g/mol. The van der Waals surface area contributed by atoms with Gasteiger partial charge in [-0.2, -0.15) is 26.3 Å². The Labute approximate surface area is 158 Å². The van der Waals surface area contributed by atoms with E-state index in [-0.39, 0.29) is 5.69 Å². The van der Waals surface area contributed by atoms with E-state index in [0.717, 1.165) is 17.0 Å². The normalized spacial score (nSPS) is 19.5. The van der Waals surface area contributed by atoms with E-state index in [9.17, 15) is 31.1 Å². The van der Waals surface area contributed by atoms with E-state index in [1.165, 1.54) is 5.38 Å². The number of rotatable bonds is 4. The van der Waals surface area contributed by atoms with Crippen molar-refractivity contribution >= 4 is 28.1 Å². The zero-order valence-electron chi connectivity index (χ0n) is 14.0. The lowest BCUT2D eigenvalue weighted by atomic mass is 10.2. The number of hydrogen-bond acceptors (Lipinski definition) is 6. The number of aromatic nitrogens is 1. The molecule has 1 aromatic heterocycles. The van der Waals surface area contributed by atoms with Gasteiger partial charge in [0.15, 0.2) is 11.2 Å². The highest BCUT2D eigenvalue weighted by Crippen LogP contribution is 2.50. The SMILES string of the molecule is CN(c1ccccc1)c1nc(CC2OC(C(F)(F)F)(C(F)(F)F)OC2=O)cs1. The van der Waals surface area contributed by atoms with Crippen LogP contribution in [0.3, 0.4) is 0 Å². The number of thiazole rings is 1. The molecule has 28 heavy (non-hydrogen) atoms. The molecule has 1 atom stereocenters. The van der Waals surface area contributed by atoms with Gasteiger partial charge in [-0.25, -0.2) is 9.78 Å². The second-order valence-electron chi connectivity index (χ2n) is 5.86. The summed E-state index contributed by atoms with van der Waals surface area (Å²) in [5.74, 6) is -6.72. The van der Waals surface area contributed by atoms with Crippen LogP contribution in [0.5, 0.6) is 0 Å². The molecule has 1 saturated heterocycles. The maximum Gasteiger partial charge on any atom is 0.465 e. The molecule has 5 nitrogen and oxygen atoms in total. The molecule has 1 fully saturated rings. The Morgan fingerprint density at radius 1 is 1.14 bits per heavy atom. The highest BCUT2D eigenvalue weighted by molar-refractivity contribution is 7.13. The van der Waals surface area contributed by atoms with E-state index in [4.69, 9.17) is 0 Å². The number of hydrogen-bond donors (Lipinski definition) is 0. The van der Waals surface area contributed by atoms with Crippen molar-refractivity contribution in [3.8, 4) is 0 Å². The fourth-order valence-electron chi connectivity index (χ4n) is 2.51. The van der Waals surface area contributed by atoms with Crippen LogP contribution in [0.15, 0.2) is 35.7 Å². The maximum absolute atomic E-state index is 13.0. The first-order valence-corrected chi connectivity index (χ1v) is 8.60. The molecule has 2 heterocycles. The molecule has 0 spiro atoms. The van der Waals surface area contributed by atoms with Gasteiger partial charge in [-0.3, -0.25) is 0 Å². The predicted octanol–water partition coefficient (Wildman–Crippen LogP) is 4.22. The largest absolute Gasteiger partial charge is 0.465 e. The topological polar surface area (TPSA) is 51.7 Å². The number of para-hydroxylation sites is 1. The van der Waals surface area contributed by atoms with Crippen LogP contribution in [0.25, 0.3) is 0 Å². The number of halogens is 6. The standard InChI is InChI=1S/C16H12F6N2O3S/c1-24(10-5-3-2-4-6-10)13-23-9(8-28-13)7-11-12(25)27-14(26-11,15(17,18)19)16(20,21)22/h2-6,8,11H,7H2,1H3. The lowest BCUT2D eigenvalue weighted by Crippen LogP contribution is -2.58. The predicted molar refractivity (Wildman–Crippen MR) is 86.1 cm³/mol. The number of cyclic esters (lactones) is 1. The Morgan fingerprint density at radius 3 is 2.29 bits per heavy atom.